The number of likely N-dealkylation sites (tertiary alicyclic amines) is 1. The van der Waals surface area contributed by atoms with E-state index in [2.05, 4.69) is 5.32 Å². The zero-order valence-corrected chi connectivity index (χ0v) is 12.5. The first kappa shape index (κ1) is 14.6. The lowest BCUT2D eigenvalue weighted by Crippen LogP contribution is -3.17. The standard InChI is InChI=1S/C14H18Cl2N2O/c1-10(18-7-3-2-4-8-18)14(19)17-13-9-11(15)5-6-12(13)16/h5-6,9-10H,2-4,7-8H2,1H3,(H,17,19)/p+1/t10-/m0/s1. The fourth-order valence-corrected chi connectivity index (χ4v) is 2.80. The van der Waals surface area contributed by atoms with Crippen molar-refractivity contribution in [1.29, 1.82) is 0 Å². The van der Waals surface area contributed by atoms with Crippen molar-refractivity contribution in [3.05, 3.63) is 28.2 Å². The maximum absolute atomic E-state index is 12.2. The maximum atomic E-state index is 12.2. The summed E-state index contributed by atoms with van der Waals surface area (Å²) < 4.78 is 0. The van der Waals surface area contributed by atoms with Gasteiger partial charge in [0.05, 0.1) is 23.8 Å². The van der Waals surface area contributed by atoms with Crippen LogP contribution in [0, 0.1) is 0 Å². The van der Waals surface area contributed by atoms with Gasteiger partial charge in [-0.05, 0) is 44.4 Å². The molecule has 1 aromatic carbocycles. The Labute approximate surface area is 123 Å². The van der Waals surface area contributed by atoms with Gasteiger partial charge in [0.25, 0.3) is 5.91 Å². The molecule has 1 amide bonds. The number of anilines is 1. The zero-order chi connectivity index (χ0) is 13.8. The highest BCUT2D eigenvalue weighted by atomic mass is 35.5. The molecule has 1 aliphatic rings. The van der Waals surface area contributed by atoms with Crippen molar-refractivity contribution in [3.63, 3.8) is 0 Å². The third-order valence-electron chi connectivity index (χ3n) is 3.69. The van der Waals surface area contributed by atoms with Crippen LogP contribution < -0.4 is 10.2 Å². The minimum Gasteiger partial charge on any atom is -0.325 e. The van der Waals surface area contributed by atoms with Crippen LogP contribution in [0.4, 0.5) is 5.69 Å². The second kappa shape index (κ2) is 6.60. The summed E-state index contributed by atoms with van der Waals surface area (Å²) in [5.41, 5.74) is 0.586. The van der Waals surface area contributed by atoms with Crippen molar-refractivity contribution in [3.8, 4) is 0 Å². The van der Waals surface area contributed by atoms with Crippen molar-refractivity contribution in [2.24, 2.45) is 0 Å². The molecule has 2 rings (SSSR count). The van der Waals surface area contributed by atoms with Crippen LogP contribution in [0.2, 0.25) is 10.0 Å². The molecule has 1 saturated heterocycles. The molecule has 0 aliphatic carbocycles. The molecule has 1 heterocycles. The average molecular weight is 302 g/mol. The second-order valence-corrected chi connectivity index (χ2v) is 5.90. The van der Waals surface area contributed by atoms with E-state index >= 15 is 0 Å². The molecule has 0 bridgehead atoms. The number of quaternary nitrogens is 1. The van der Waals surface area contributed by atoms with Crippen LogP contribution in [-0.2, 0) is 4.79 Å². The fourth-order valence-electron chi connectivity index (χ4n) is 2.46. The fraction of sp³-hybridized carbons (Fsp3) is 0.500. The van der Waals surface area contributed by atoms with Crippen LogP contribution in [0.3, 0.4) is 0 Å². The Bertz CT molecular complexity index is 459. The molecule has 0 aromatic heterocycles. The number of hydrogen-bond acceptors (Lipinski definition) is 1. The van der Waals surface area contributed by atoms with Crippen molar-refractivity contribution in [2.45, 2.75) is 32.2 Å². The van der Waals surface area contributed by atoms with Gasteiger partial charge in [-0.3, -0.25) is 4.79 Å². The quantitative estimate of drug-likeness (QED) is 0.883. The Morgan fingerprint density at radius 3 is 2.63 bits per heavy atom. The number of carbonyl (C=O) groups excluding carboxylic acids is 1. The molecule has 104 valence electrons. The molecular formula is C14H19Cl2N2O+. The van der Waals surface area contributed by atoms with Crippen molar-refractivity contribution >= 4 is 34.8 Å². The van der Waals surface area contributed by atoms with E-state index in [1.807, 2.05) is 6.92 Å². The molecule has 0 radical (unpaired) electrons. The lowest BCUT2D eigenvalue weighted by molar-refractivity contribution is -0.918. The summed E-state index contributed by atoms with van der Waals surface area (Å²) in [7, 11) is 0. The first-order valence-electron chi connectivity index (χ1n) is 6.68. The van der Waals surface area contributed by atoms with Gasteiger partial charge < -0.3 is 10.2 Å². The largest absolute Gasteiger partial charge is 0.325 e. The smallest absolute Gasteiger partial charge is 0.282 e. The lowest BCUT2D eigenvalue weighted by Gasteiger charge is -2.28. The van der Waals surface area contributed by atoms with E-state index in [4.69, 9.17) is 23.2 Å². The molecule has 1 atom stereocenters. The van der Waals surface area contributed by atoms with Crippen molar-refractivity contribution < 1.29 is 9.69 Å². The molecule has 2 N–H and O–H groups in total. The SMILES string of the molecule is C[C@@H](C(=O)Nc1cc(Cl)ccc1Cl)[NH+]1CCCCC1. The highest BCUT2D eigenvalue weighted by molar-refractivity contribution is 6.35. The van der Waals surface area contributed by atoms with E-state index < -0.39 is 0 Å². The predicted octanol–water partition coefficient (Wildman–Crippen LogP) is 2.39. The number of benzene rings is 1. The molecule has 3 nitrogen and oxygen atoms in total. The Morgan fingerprint density at radius 2 is 1.95 bits per heavy atom. The van der Waals surface area contributed by atoms with E-state index in [9.17, 15) is 4.79 Å². The minimum absolute atomic E-state index is 0.000988. The lowest BCUT2D eigenvalue weighted by atomic mass is 10.1. The maximum Gasteiger partial charge on any atom is 0.282 e. The van der Waals surface area contributed by atoms with Gasteiger partial charge in [-0.25, -0.2) is 0 Å². The van der Waals surface area contributed by atoms with E-state index in [0.29, 0.717) is 15.7 Å². The number of halogens is 2. The monoisotopic (exact) mass is 301 g/mol. The van der Waals surface area contributed by atoms with E-state index in [1.54, 1.807) is 18.2 Å². The molecule has 1 aliphatic heterocycles. The van der Waals surface area contributed by atoms with Gasteiger partial charge in [-0.2, -0.15) is 0 Å². The van der Waals surface area contributed by atoms with E-state index in [1.165, 1.54) is 24.2 Å². The van der Waals surface area contributed by atoms with Gasteiger partial charge >= 0.3 is 0 Å². The number of piperidine rings is 1. The van der Waals surface area contributed by atoms with Crippen molar-refractivity contribution in [1.82, 2.24) is 0 Å². The Balaban J connectivity index is 2.01. The first-order valence-corrected chi connectivity index (χ1v) is 7.44. The summed E-state index contributed by atoms with van der Waals surface area (Å²) in [6.07, 6.45) is 3.67. The third kappa shape index (κ3) is 3.85. The van der Waals surface area contributed by atoms with Crippen LogP contribution in [0.25, 0.3) is 0 Å². The number of carbonyl (C=O) groups is 1. The highest BCUT2D eigenvalue weighted by Gasteiger charge is 2.26. The van der Waals surface area contributed by atoms with Crippen LogP contribution in [0.5, 0.6) is 0 Å². The normalized spacial score (nSPS) is 18.1. The molecule has 0 spiro atoms. The van der Waals surface area contributed by atoms with E-state index in [-0.39, 0.29) is 11.9 Å². The average Bonchev–Trinajstić information content (AvgIpc) is 2.43. The molecule has 19 heavy (non-hydrogen) atoms. The predicted molar refractivity (Wildman–Crippen MR) is 79.1 cm³/mol. The molecule has 0 saturated carbocycles. The molecular weight excluding hydrogens is 283 g/mol. The van der Waals surface area contributed by atoms with Gasteiger partial charge in [0.15, 0.2) is 6.04 Å². The summed E-state index contributed by atoms with van der Waals surface area (Å²) >= 11 is 12.0. The zero-order valence-electron chi connectivity index (χ0n) is 11.0. The summed E-state index contributed by atoms with van der Waals surface area (Å²) in [6.45, 7) is 4.10. The number of hydrogen-bond donors (Lipinski definition) is 2. The van der Waals surface area contributed by atoms with Gasteiger partial charge in [-0.1, -0.05) is 23.2 Å². The number of rotatable bonds is 3. The number of nitrogens with one attached hydrogen (secondary N) is 2. The summed E-state index contributed by atoms with van der Waals surface area (Å²) in [5, 5.41) is 3.95. The van der Waals surface area contributed by atoms with Crippen LogP contribution in [-0.4, -0.2) is 25.0 Å². The summed E-state index contributed by atoms with van der Waals surface area (Å²) in [4.78, 5) is 13.6. The summed E-state index contributed by atoms with van der Waals surface area (Å²) in [5.74, 6) is 0.000988. The van der Waals surface area contributed by atoms with Crippen LogP contribution in [0.1, 0.15) is 26.2 Å². The number of amides is 1. The molecule has 1 fully saturated rings. The van der Waals surface area contributed by atoms with Gasteiger partial charge in [0, 0.05) is 5.02 Å². The van der Waals surface area contributed by atoms with E-state index in [0.717, 1.165) is 13.1 Å². The molecule has 0 unspecified atom stereocenters. The van der Waals surface area contributed by atoms with Gasteiger partial charge in [-0.15, -0.1) is 0 Å². The van der Waals surface area contributed by atoms with Gasteiger partial charge in [0.2, 0.25) is 0 Å². The van der Waals surface area contributed by atoms with Crippen LogP contribution in [0.15, 0.2) is 18.2 Å². The third-order valence-corrected chi connectivity index (χ3v) is 4.25. The van der Waals surface area contributed by atoms with Gasteiger partial charge in [0.1, 0.15) is 0 Å². The second-order valence-electron chi connectivity index (χ2n) is 5.05. The van der Waals surface area contributed by atoms with Crippen molar-refractivity contribution in [2.75, 3.05) is 18.4 Å². The Morgan fingerprint density at radius 1 is 1.26 bits per heavy atom. The Kier molecular flexibility index (Phi) is 5.08. The first-order chi connectivity index (χ1) is 9.08. The highest BCUT2D eigenvalue weighted by Crippen LogP contribution is 2.25. The molecule has 5 heteroatoms. The summed E-state index contributed by atoms with van der Waals surface area (Å²) in [6, 6.07) is 5.02. The Hall–Kier alpha value is -0.770. The van der Waals surface area contributed by atoms with Crippen LogP contribution >= 0.6 is 23.2 Å². The topological polar surface area (TPSA) is 33.5 Å². The molecule has 1 aromatic rings. The minimum atomic E-state index is -0.0599.